The first-order valence-corrected chi connectivity index (χ1v) is 10.9. The molecule has 1 aromatic heterocycles. The number of aromatic nitrogens is 1. The molecule has 3 aromatic rings. The number of rotatable bonds is 6. The molecule has 2 amide bonds. The maximum Gasteiger partial charge on any atom is 0.254 e. The molecule has 30 heavy (non-hydrogen) atoms. The van der Waals surface area contributed by atoms with Crippen molar-refractivity contribution in [3.05, 3.63) is 71.9 Å². The summed E-state index contributed by atoms with van der Waals surface area (Å²) in [7, 11) is 0. The van der Waals surface area contributed by atoms with E-state index in [1.165, 1.54) is 5.56 Å². The van der Waals surface area contributed by atoms with Gasteiger partial charge in [-0.25, -0.2) is 0 Å². The third kappa shape index (κ3) is 3.97. The van der Waals surface area contributed by atoms with Crippen molar-refractivity contribution in [2.75, 3.05) is 6.54 Å². The number of nitrogens with zero attached hydrogens (tertiary/aromatic N) is 1. The van der Waals surface area contributed by atoms with Crippen LogP contribution in [0.5, 0.6) is 0 Å². The lowest BCUT2D eigenvalue weighted by Crippen LogP contribution is -2.59. The van der Waals surface area contributed by atoms with Crippen molar-refractivity contribution in [3.8, 4) is 0 Å². The van der Waals surface area contributed by atoms with Crippen LogP contribution in [0.2, 0.25) is 0 Å². The minimum absolute atomic E-state index is 0.0638. The van der Waals surface area contributed by atoms with Gasteiger partial charge >= 0.3 is 0 Å². The summed E-state index contributed by atoms with van der Waals surface area (Å²) < 4.78 is 2.11. The molecule has 0 spiro atoms. The Hall–Kier alpha value is -3.08. The first-order chi connectivity index (χ1) is 14.6. The summed E-state index contributed by atoms with van der Waals surface area (Å²) in [5.41, 5.74) is 2.00. The summed E-state index contributed by atoms with van der Waals surface area (Å²) in [6.07, 6.45) is 6.30. The second kappa shape index (κ2) is 8.74. The van der Waals surface area contributed by atoms with E-state index < -0.39 is 5.54 Å². The van der Waals surface area contributed by atoms with Crippen molar-refractivity contribution in [3.63, 3.8) is 0 Å². The van der Waals surface area contributed by atoms with Crippen molar-refractivity contribution in [2.24, 2.45) is 0 Å². The first kappa shape index (κ1) is 20.2. The molecule has 4 rings (SSSR count). The predicted octanol–water partition coefficient (Wildman–Crippen LogP) is 4.26. The Balaban J connectivity index is 1.66. The normalized spacial score (nSPS) is 15.6. The number of carbonyl (C=O) groups excluding carboxylic acids is 2. The fourth-order valence-corrected chi connectivity index (χ4v) is 4.52. The van der Waals surface area contributed by atoms with Crippen LogP contribution < -0.4 is 10.6 Å². The Morgan fingerprint density at radius 2 is 1.67 bits per heavy atom. The standard InChI is InChI=1S/C25H29N3O2/c1-2-26-24(30)25(15-9-4-10-16-25)27-23(29)21-18-28(17-19-11-5-3-6-12-19)22-14-8-7-13-20(21)22/h3,5-8,11-14,18H,2,4,9-10,15-17H2,1H3,(H,26,30)(H,27,29). The van der Waals surface area contributed by atoms with Gasteiger partial charge in [-0.3, -0.25) is 9.59 Å². The molecule has 1 aliphatic carbocycles. The van der Waals surface area contributed by atoms with E-state index in [2.05, 4.69) is 27.3 Å². The number of likely N-dealkylation sites (N-methyl/N-ethyl adjacent to an activating group) is 1. The van der Waals surface area contributed by atoms with E-state index in [0.717, 1.165) is 30.2 Å². The highest BCUT2D eigenvalue weighted by molar-refractivity contribution is 6.08. The van der Waals surface area contributed by atoms with Gasteiger partial charge in [0.2, 0.25) is 5.91 Å². The second-order valence-electron chi connectivity index (χ2n) is 8.13. The highest BCUT2D eigenvalue weighted by atomic mass is 16.2. The quantitative estimate of drug-likeness (QED) is 0.646. The number of nitrogens with one attached hydrogen (secondary N) is 2. The lowest BCUT2D eigenvalue weighted by Gasteiger charge is -2.36. The van der Waals surface area contributed by atoms with Gasteiger partial charge in [-0.15, -0.1) is 0 Å². The minimum atomic E-state index is -0.812. The number of benzene rings is 2. The van der Waals surface area contributed by atoms with Gasteiger partial charge in [-0.2, -0.15) is 0 Å². The average molecular weight is 404 g/mol. The van der Waals surface area contributed by atoms with Gasteiger partial charge in [-0.05, 0) is 31.4 Å². The summed E-state index contributed by atoms with van der Waals surface area (Å²) in [6, 6.07) is 18.2. The second-order valence-corrected chi connectivity index (χ2v) is 8.13. The van der Waals surface area contributed by atoms with Crippen LogP contribution >= 0.6 is 0 Å². The maximum absolute atomic E-state index is 13.4. The molecule has 0 aliphatic heterocycles. The van der Waals surface area contributed by atoms with E-state index in [9.17, 15) is 9.59 Å². The Bertz CT molecular complexity index is 1030. The molecule has 1 saturated carbocycles. The highest BCUT2D eigenvalue weighted by Gasteiger charge is 2.41. The zero-order chi connectivity index (χ0) is 21.0. The maximum atomic E-state index is 13.4. The average Bonchev–Trinajstić information content (AvgIpc) is 3.14. The summed E-state index contributed by atoms with van der Waals surface area (Å²) in [5.74, 6) is -0.239. The number of amides is 2. The van der Waals surface area contributed by atoms with E-state index in [4.69, 9.17) is 0 Å². The van der Waals surface area contributed by atoms with Crippen molar-refractivity contribution in [2.45, 2.75) is 51.1 Å². The van der Waals surface area contributed by atoms with Crippen LogP contribution in [-0.4, -0.2) is 28.5 Å². The SMILES string of the molecule is CCNC(=O)C1(NC(=O)c2cn(Cc3ccccc3)c3ccccc23)CCCCC1. The van der Waals surface area contributed by atoms with Crippen molar-refractivity contribution < 1.29 is 9.59 Å². The largest absolute Gasteiger partial charge is 0.354 e. The Morgan fingerprint density at radius 3 is 2.40 bits per heavy atom. The lowest BCUT2D eigenvalue weighted by molar-refractivity contribution is -0.128. The van der Waals surface area contributed by atoms with Gasteiger partial charge in [0.25, 0.3) is 5.91 Å². The highest BCUT2D eigenvalue weighted by Crippen LogP contribution is 2.30. The smallest absolute Gasteiger partial charge is 0.254 e. The van der Waals surface area contributed by atoms with Crippen LogP contribution in [0.15, 0.2) is 60.8 Å². The van der Waals surface area contributed by atoms with Gasteiger partial charge in [0, 0.05) is 30.2 Å². The van der Waals surface area contributed by atoms with Crippen LogP contribution in [0.4, 0.5) is 0 Å². The van der Waals surface area contributed by atoms with Crippen molar-refractivity contribution >= 4 is 22.7 Å². The first-order valence-electron chi connectivity index (χ1n) is 10.9. The molecule has 5 nitrogen and oxygen atoms in total. The summed E-state index contributed by atoms with van der Waals surface area (Å²) in [5, 5.41) is 6.98. The molecule has 0 saturated heterocycles. The zero-order valence-corrected chi connectivity index (χ0v) is 17.5. The van der Waals surface area contributed by atoms with Gasteiger partial charge in [0.15, 0.2) is 0 Å². The molecule has 2 aromatic carbocycles. The molecule has 0 atom stereocenters. The summed E-state index contributed by atoms with van der Waals surface area (Å²) in [6.45, 7) is 3.16. The number of fused-ring (bicyclic) bond motifs is 1. The lowest BCUT2D eigenvalue weighted by atomic mass is 9.80. The Labute approximate surface area is 177 Å². The van der Waals surface area contributed by atoms with Crippen LogP contribution in [0.1, 0.15) is 54.9 Å². The molecular formula is C25H29N3O2. The topological polar surface area (TPSA) is 63.1 Å². The molecule has 1 aliphatic rings. The summed E-state index contributed by atoms with van der Waals surface area (Å²) >= 11 is 0. The summed E-state index contributed by atoms with van der Waals surface area (Å²) in [4.78, 5) is 26.3. The van der Waals surface area contributed by atoms with E-state index in [1.54, 1.807) is 0 Å². The fraction of sp³-hybridized carbons (Fsp3) is 0.360. The van der Waals surface area contributed by atoms with Crippen LogP contribution in [0.3, 0.4) is 0 Å². The van der Waals surface area contributed by atoms with E-state index in [-0.39, 0.29) is 11.8 Å². The molecule has 0 bridgehead atoms. The van der Waals surface area contributed by atoms with Gasteiger partial charge in [0.1, 0.15) is 5.54 Å². The van der Waals surface area contributed by atoms with Crippen molar-refractivity contribution in [1.82, 2.24) is 15.2 Å². The number of hydrogen-bond acceptors (Lipinski definition) is 2. The van der Waals surface area contributed by atoms with E-state index in [1.807, 2.05) is 55.6 Å². The fourth-order valence-electron chi connectivity index (χ4n) is 4.52. The number of carbonyl (C=O) groups is 2. The van der Waals surface area contributed by atoms with Gasteiger partial charge < -0.3 is 15.2 Å². The van der Waals surface area contributed by atoms with Gasteiger partial charge in [0.05, 0.1) is 5.56 Å². The molecule has 0 unspecified atom stereocenters. The van der Waals surface area contributed by atoms with E-state index in [0.29, 0.717) is 31.5 Å². The Kier molecular flexibility index (Phi) is 5.88. The van der Waals surface area contributed by atoms with Crippen LogP contribution in [-0.2, 0) is 11.3 Å². The molecule has 1 fully saturated rings. The third-order valence-corrected chi connectivity index (χ3v) is 6.06. The monoisotopic (exact) mass is 403 g/mol. The molecular weight excluding hydrogens is 374 g/mol. The Morgan fingerprint density at radius 1 is 0.967 bits per heavy atom. The zero-order valence-electron chi connectivity index (χ0n) is 17.5. The van der Waals surface area contributed by atoms with Gasteiger partial charge in [-0.1, -0.05) is 67.8 Å². The van der Waals surface area contributed by atoms with E-state index >= 15 is 0 Å². The minimum Gasteiger partial charge on any atom is -0.354 e. The number of hydrogen-bond donors (Lipinski definition) is 2. The van der Waals surface area contributed by atoms with Crippen LogP contribution in [0, 0.1) is 0 Å². The molecule has 5 heteroatoms. The third-order valence-electron chi connectivity index (χ3n) is 6.06. The molecule has 1 heterocycles. The number of para-hydroxylation sites is 1. The molecule has 156 valence electrons. The molecule has 0 radical (unpaired) electrons. The molecule has 2 N–H and O–H groups in total. The van der Waals surface area contributed by atoms with Crippen LogP contribution in [0.25, 0.3) is 10.9 Å². The van der Waals surface area contributed by atoms with Crippen molar-refractivity contribution in [1.29, 1.82) is 0 Å². The predicted molar refractivity (Wildman–Crippen MR) is 119 cm³/mol.